The summed E-state index contributed by atoms with van der Waals surface area (Å²) < 4.78 is 16.1. The number of carbonyl (C=O) groups excluding carboxylic acids is 1. The third-order valence-corrected chi connectivity index (χ3v) is 3.43. The molecule has 0 aliphatic rings. The van der Waals surface area contributed by atoms with Gasteiger partial charge in [0.2, 0.25) is 0 Å². The topological polar surface area (TPSA) is 101 Å². The highest BCUT2D eigenvalue weighted by atomic mass is 16.5. The summed E-state index contributed by atoms with van der Waals surface area (Å²) in [5.41, 5.74) is 0.984. The Balaban J connectivity index is 2.08. The van der Waals surface area contributed by atoms with Crippen LogP contribution in [0.2, 0.25) is 0 Å². The van der Waals surface area contributed by atoms with Crippen LogP contribution in [-0.2, 0) is 0 Å². The van der Waals surface area contributed by atoms with Gasteiger partial charge in [-0.1, -0.05) is 0 Å². The van der Waals surface area contributed by atoms with Crippen LogP contribution in [0.3, 0.4) is 0 Å². The molecule has 0 saturated heterocycles. The van der Waals surface area contributed by atoms with E-state index in [1.807, 2.05) is 0 Å². The first-order valence-electron chi connectivity index (χ1n) is 6.80. The first-order chi connectivity index (χ1) is 11.2. The van der Waals surface area contributed by atoms with Crippen LogP contribution in [0.5, 0.6) is 17.2 Å². The fourth-order valence-corrected chi connectivity index (χ4v) is 2.37. The molecule has 3 aromatic rings. The number of rotatable bonds is 5. The predicted molar refractivity (Wildman–Crippen MR) is 84.5 cm³/mol. The number of fused-ring (bicyclic) bond motifs is 1. The summed E-state index contributed by atoms with van der Waals surface area (Å²) in [7, 11) is 4.63. The highest BCUT2D eigenvalue weighted by molar-refractivity contribution is 6.07. The van der Waals surface area contributed by atoms with E-state index in [4.69, 9.17) is 14.2 Å². The van der Waals surface area contributed by atoms with Gasteiger partial charge in [-0.2, -0.15) is 5.10 Å². The summed E-state index contributed by atoms with van der Waals surface area (Å²) >= 11 is 0. The van der Waals surface area contributed by atoms with Crippen molar-refractivity contribution in [3.63, 3.8) is 0 Å². The molecule has 0 saturated carbocycles. The van der Waals surface area contributed by atoms with Gasteiger partial charge >= 0.3 is 0 Å². The second kappa shape index (κ2) is 5.91. The van der Waals surface area contributed by atoms with Gasteiger partial charge < -0.3 is 24.5 Å². The Bertz CT molecular complexity index is 839. The van der Waals surface area contributed by atoms with Crippen LogP contribution < -0.4 is 19.5 Å². The quantitative estimate of drug-likeness (QED) is 0.669. The van der Waals surface area contributed by atoms with Gasteiger partial charge in [-0.05, 0) is 6.07 Å². The molecule has 0 fully saturated rings. The van der Waals surface area contributed by atoms with Crippen molar-refractivity contribution in [2.45, 2.75) is 0 Å². The lowest BCUT2D eigenvalue weighted by Gasteiger charge is -2.11. The SMILES string of the molecule is COc1cc(OC)c2cc(C(=O)Nc3ccn[nH]3)[nH]c2c1OC. The van der Waals surface area contributed by atoms with Crippen LogP contribution in [-0.4, -0.2) is 42.4 Å². The maximum absolute atomic E-state index is 12.3. The summed E-state index contributed by atoms with van der Waals surface area (Å²) in [6.07, 6.45) is 1.55. The van der Waals surface area contributed by atoms with Crippen LogP contribution in [0.4, 0.5) is 5.82 Å². The molecule has 120 valence electrons. The minimum Gasteiger partial charge on any atom is -0.496 e. The Morgan fingerprint density at radius 2 is 1.91 bits per heavy atom. The number of aromatic amines is 2. The summed E-state index contributed by atoms with van der Waals surface area (Å²) in [6.45, 7) is 0. The Kier molecular flexibility index (Phi) is 3.80. The van der Waals surface area contributed by atoms with Gasteiger partial charge in [0.25, 0.3) is 5.91 Å². The van der Waals surface area contributed by atoms with Crippen LogP contribution in [0.15, 0.2) is 24.4 Å². The second-order valence-corrected chi connectivity index (χ2v) is 4.71. The zero-order valence-electron chi connectivity index (χ0n) is 12.9. The van der Waals surface area contributed by atoms with Gasteiger partial charge in [-0.15, -0.1) is 0 Å². The van der Waals surface area contributed by atoms with Gasteiger partial charge in [0.05, 0.1) is 33.0 Å². The number of carbonyl (C=O) groups is 1. The third-order valence-electron chi connectivity index (χ3n) is 3.43. The van der Waals surface area contributed by atoms with Gasteiger partial charge in [0.1, 0.15) is 17.3 Å². The van der Waals surface area contributed by atoms with Gasteiger partial charge in [0, 0.05) is 17.5 Å². The highest BCUT2D eigenvalue weighted by Gasteiger charge is 2.19. The molecule has 3 rings (SSSR count). The zero-order valence-corrected chi connectivity index (χ0v) is 12.9. The third kappa shape index (κ3) is 2.54. The molecular weight excluding hydrogens is 300 g/mol. The Labute approximate surface area is 131 Å². The number of aromatic nitrogens is 3. The number of H-pyrrole nitrogens is 2. The molecular formula is C15H16N4O4. The fourth-order valence-electron chi connectivity index (χ4n) is 2.37. The van der Waals surface area contributed by atoms with Crippen molar-refractivity contribution in [3.8, 4) is 17.2 Å². The Morgan fingerprint density at radius 1 is 1.13 bits per heavy atom. The first kappa shape index (κ1) is 14.8. The van der Waals surface area contributed by atoms with Crippen LogP contribution in [0.1, 0.15) is 10.5 Å². The minimum atomic E-state index is -0.312. The number of hydrogen-bond acceptors (Lipinski definition) is 5. The smallest absolute Gasteiger partial charge is 0.273 e. The average molecular weight is 316 g/mol. The van der Waals surface area contributed by atoms with Crippen molar-refractivity contribution in [2.75, 3.05) is 26.6 Å². The van der Waals surface area contributed by atoms with E-state index in [9.17, 15) is 4.79 Å². The maximum atomic E-state index is 12.3. The lowest BCUT2D eigenvalue weighted by atomic mass is 10.2. The number of ether oxygens (including phenoxy) is 3. The molecule has 0 aliphatic heterocycles. The Morgan fingerprint density at radius 3 is 2.52 bits per heavy atom. The van der Waals surface area contributed by atoms with E-state index in [2.05, 4.69) is 20.5 Å². The van der Waals surface area contributed by atoms with Crippen LogP contribution in [0, 0.1) is 0 Å². The largest absolute Gasteiger partial charge is 0.496 e. The number of amides is 1. The fraction of sp³-hybridized carbons (Fsp3) is 0.200. The molecule has 2 aromatic heterocycles. The average Bonchev–Trinajstić information content (AvgIpc) is 3.22. The van der Waals surface area contributed by atoms with E-state index < -0.39 is 0 Å². The number of anilines is 1. The molecule has 0 spiro atoms. The van der Waals surface area contributed by atoms with E-state index >= 15 is 0 Å². The van der Waals surface area contributed by atoms with Gasteiger partial charge in [0.15, 0.2) is 11.5 Å². The van der Waals surface area contributed by atoms with Crippen molar-refractivity contribution in [3.05, 3.63) is 30.1 Å². The van der Waals surface area contributed by atoms with Crippen molar-refractivity contribution in [2.24, 2.45) is 0 Å². The first-order valence-corrected chi connectivity index (χ1v) is 6.80. The van der Waals surface area contributed by atoms with Crippen LogP contribution in [0.25, 0.3) is 10.9 Å². The van der Waals surface area contributed by atoms with Crippen molar-refractivity contribution in [1.82, 2.24) is 15.2 Å². The minimum absolute atomic E-state index is 0.312. The number of nitrogens with one attached hydrogen (secondary N) is 3. The molecule has 8 heteroatoms. The van der Waals surface area contributed by atoms with E-state index in [-0.39, 0.29) is 5.91 Å². The van der Waals surface area contributed by atoms with Gasteiger partial charge in [-0.3, -0.25) is 9.89 Å². The van der Waals surface area contributed by atoms with Crippen molar-refractivity contribution < 1.29 is 19.0 Å². The monoisotopic (exact) mass is 316 g/mol. The number of hydrogen-bond donors (Lipinski definition) is 3. The summed E-state index contributed by atoms with van der Waals surface area (Å²) in [6, 6.07) is 5.07. The highest BCUT2D eigenvalue weighted by Crippen LogP contribution is 2.41. The van der Waals surface area contributed by atoms with E-state index in [0.29, 0.717) is 34.3 Å². The van der Waals surface area contributed by atoms with Gasteiger partial charge in [-0.25, -0.2) is 0 Å². The number of benzene rings is 1. The lowest BCUT2D eigenvalue weighted by Crippen LogP contribution is -2.12. The molecule has 0 atom stereocenters. The molecule has 0 aliphatic carbocycles. The molecule has 0 bridgehead atoms. The molecule has 1 aromatic carbocycles. The second-order valence-electron chi connectivity index (χ2n) is 4.71. The summed E-state index contributed by atoms with van der Waals surface area (Å²) in [5.74, 6) is 1.79. The molecule has 3 N–H and O–H groups in total. The number of methoxy groups -OCH3 is 3. The van der Waals surface area contributed by atoms with E-state index in [1.165, 1.54) is 14.2 Å². The molecule has 2 heterocycles. The van der Waals surface area contributed by atoms with E-state index in [1.54, 1.807) is 31.5 Å². The molecule has 0 radical (unpaired) electrons. The number of nitrogens with zero attached hydrogens (tertiary/aromatic N) is 1. The Hall–Kier alpha value is -3.16. The molecule has 8 nitrogen and oxygen atoms in total. The maximum Gasteiger partial charge on any atom is 0.273 e. The standard InChI is InChI=1S/C15H16N4O4/c1-21-10-7-11(22-2)14(23-3)13-8(10)6-9(17-13)15(20)18-12-4-5-16-19-12/h4-7,17H,1-3H3,(H2,16,18,19,20). The normalized spacial score (nSPS) is 10.6. The zero-order chi connectivity index (χ0) is 16.4. The van der Waals surface area contributed by atoms with Crippen LogP contribution >= 0.6 is 0 Å². The lowest BCUT2D eigenvalue weighted by molar-refractivity contribution is 0.102. The summed E-state index contributed by atoms with van der Waals surface area (Å²) in [4.78, 5) is 15.4. The summed E-state index contributed by atoms with van der Waals surface area (Å²) in [5, 5.41) is 9.88. The van der Waals surface area contributed by atoms with Crippen molar-refractivity contribution in [1.29, 1.82) is 0 Å². The molecule has 23 heavy (non-hydrogen) atoms. The molecule has 0 unspecified atom stereocenters. The van der Waals surface area contributed by atoms with Crippen molar-refractivity contribution >= 4 is 22.6 Å². The van der Waals surface area contributed by atoms with E-state index in [0.717, 1.165) is 5.39 Å². The molecule has 1 amide bonds. The predicted octanol–water partition coefficient (Wildman–Crippen LogP) is 2.17.